The molecule has 0 radical (unpaired) electrons. The van der Waals surface area contributed by atoms with Gasteiger partial charge in [-0.2, -0.15) is 0 Å². The van der Waals surface area contributed by atoms with Crippen molar-refractivity contribution in [3.63, 3.8) is 0 Å². The van der Waals surface area contributed by atoms with E-state index >= 15 is 0 Å². The Hall–Kier alpha value is -4.44. The summed E-state index contributed by atoms with van der Waals surface area (Å²) in [6.45, 7) is 0.586. The number of fused-ring (bicyclic) bond motifs is 1. The van der Waals surface area contributed by atoms with Crippen molar-refractivity contribution in [2.45, 2.75) is 37.9 Å². The van der Waals surface area contributed by atoms with Gasteiger partial charge in [0.15, 0.2) is 6.04 Å². The van der Waals surface area contributed by atoms with Crippen molar-refractivity contribution >= 4 is 34.5 Å². The number of ether oxygens (including phenoxy) is 1. The Morgan fingerprint density at radius 2 is 1.32 bits per heavy atom. The lowest BCUT2D eigenvalue weighted by molar-refractivity contribution is -0.146. The van der Waals surface area contributed by atoms with Crippen LogP contribution in [0.15, 0.2) is 66.7 Å². The number of amides is 3. The summed E-state index contributed by atoms with van der Waals surface area (Å²) in [6.07, 6.45) is 0.186. The van der Waals surface area contributed by atoms with Gasteiger partial charge >= 0.3 is 5.97 Å². The van der Waals surface area contributed by atoms with Crippen LogP contribution in [0.2, 0.25) is 0 Å². The molecule has 10 nitrogen and oxygen atoms in total. The number of hydrogen-bond acceptors (Lipinski definition) is 7. The Labute approximate surface area is 220 Å². The number of carbonyl (C=O) groups is 4. The first-order chi connectivity index (χ1) is 18.2. The zero-order chi connectivity index (χ0) is 27.7. The van der Waals surface area contributed by atoms with E-state index in [-0.39, 0.29) is 18.6 Å². The third-order valence-corrected chi connectivity index (χ3v) is 5.94. The van der Waals surface area contributed by atoms with E-state index in [2.05, 4.69) is 20.7 Å². The van der Waals surface area contributed by atoms with Crippen LogP contribution in [0.4, 0.5) is 0 Å². The largest absolute Gasteiger partial charge is 0.508 e. The summed E-state index contributed by atoms with van der Waals surface area (Å²) in [5, 5.41) is 28.7. The molecular formula is C28H31N3O7. The van der Waals surface area contributed by atoms with Crippen molar-refractivity contribution in [1.82, 2.24) is 16.0 Å². The van der Waals surface area contributed by atoms with E-state index in [1.54, 1.807) is 12.1 Å². The van der Waals surface area contributed by atoms with E-state index in [4.69, 9.17) is 0 Å². The number of esters is 1. The number of nitrogens with one attached hydrogen (secondary N) is 3. The highest BCUT2D eigenvalue weighted by Crippen LogP contribution is 2.17. The van der Waals surface area contributed by atoms with Crippen molar-refractivity contribution in [3.8, 4) is 5.75 Å². The van der Waals surface area contributed by atoms with E-state index < -0.39 is 48.4 Å². The van der Waals surface area contributed by atoms with Crippen LogP contribution in [0.25, 0.3) is 10.8 Å². The van der Waals surface area contributed by atoms with Crippen LogP contribution in [-0.4, -0.2) is 65.7 Å². The van der Waals surface area contributed by atoms with Gasteiger partial charge in [0.1, 0.15) is 17.8 Å². The third-order valence-electron chi connectivity index (χ3n) is 5.94. The first-order valence-electron chi connectivity index (χ1n) is 12.0. The Morgan fingerprint density at radius 3 is 1.92 bits per heavy atom. The molecule has 0 aliphatic carbocycles. The van der Waals surface area contributed by atoms with E-state index in [1.807, 2.05) is 42.5 Å². The molecule has 0 aliphatic heterocycles. The maximum absolute atomic E-state index is 13.3. The molecule has 0 heterocycles. The molecule has 38 heavy (non-hydrogen) atoms. The molecule has 3 atom stereocenters. The van der Waals surface area contributed by atoms with Crippen molar-refractivity contribution in [3.05, 3.63) is 77.9 Å². The Kier molecular flexibility index (Phi) is 9.78. The van der Waals surface area contributed by atoms with Gasteiger partial charge in [-0.1, -0.05) is 54.6 Å². The van der Waals surface area contributed by atoms with E-state index in [9.17, 15) is 29.4 Å². The second kappa shape index (κ2) is 13.2. The predicted molar refractivity (Wildman–Crippen MR) is 140 cm³/mol. The molecule has 3 amide bonds. The van der Waals surface area contributed by atoms with Crippen LogP contribution in [0.1, 0.15) is 18.1 Å². The van der Waals surface area contributed by atoms with Crippen molar-refractivity contribution in [2.24, 2.45) is 0 Å². The van der Waals surface area contributed by atoms with E-state index in [0.29, 0.717) is 5.56 Å². The quantitative estimate of drug-likeness (QED) is 0.236. The fourth-order valence-corrected chi connectivity index (χ4v) is 4.00. The van der Waals surface area contributed by atoms with Crippen LogP contribution < -0.4 is 16.0 Å². The fourth-order valence-electron chi connectivity index (χ4n) is 4.00. The van der Waals surface area contributed by atoms with Gasteiger partial charge in [-0.05, 0) is 34.0 Å². The van der Waals surface area contributed by atoms with Gasteiger partial charge < -0.3 is 30.9 Å². The summed E-state index contributed by atoms with van der Waals surface area (Å²) in [7, 11) is 1.13. The Balaban J connectivity index is 1.86. The van der Waals surface area contributed by atoms with E-state index in [0.717, 1.165) is 23.4 Å². The molecule has 0 spiro atoms. The fraction of sp³-hybridized carbons (Fsp3) is 0.286. The minimum atomic E-state index is -1.31. The first-order valence-corrected chi connectivity index (χ1v) is 12.0. The van der Waals surface area contributed by atoms with Crippen LogP contribution in [0.5, 0.6) is 5.75 Å². The second-order valence-corrected chi connectivity index (χ2v) is 8.84. The maximum atomic E-state index is 13.3. The highest BCUT2D eigenvalue weighted by Gasteiger charge is 2.30. The smallest absolute Gasteiger partial charge is 0.330 e. The molecule has 10 heteroatoms. The summed E-state index contributed by atoms with van der Waals surface area (Å²) in [5.74, 6) is -2.54. The SMILES string of the molecule is COC(=O)[C@H](CO)NC(=O)[C@H](Cc1ccc2ccccc2c1)NC(=O)[C@H](Cc1ccc(O)cc1)NC(C)=O. The first kappa shape index (κ1) is 28.1. The number of phenolic OH excluding ortho intramolecular Hbond substituents is 1. The highest BCUT2D eigenvalue weighted by molar-refractivity contribution is 5.94. The van der Waals surface area contributed by atoms with Gasteiger partial charge in [0.25, 0.3) is 0 Å². The number of phenols is 1. The number of aliphatic hydroxyl groups is 1. The number of aliphatic hydroxyl groups excluding tert-OH is 1. The average Bonchev–Trinajstić information content (AvgIpc) is 2.91. The molecule has 0 fully saturated rings. The van der Waals surface area contributed by atoms with Gasteiger partial charge in [-0.3, -0.25) is 14.4 Å². The minimum absolute atomic E-state index is 0.0606. The lowest BCUT2D eigenvalue weighted by atomic mass is 10.00. The Morgan fingerprint density at radius 1 is 0.763 bits per heavy atom. The predicted octanol–water partition coefficient (Wildman–Crippen LogP) is 0.970. The summed E-state index contributed by atoms with van der Waals surface area (Å²) >= 11 is 0. The lowest BCUT2D eigenvalue weighted by Crippen LogP contribution is -2.57. The molecule has 5 N–H and O–H groups in total. The average molecular weight is 522 g/mol. The van der Waals surface area contributed by atoms with Gasteiger partial charge in [0.2, 0.25) is 17.7 Å². The molecule has 3 aromatic carbocycles. The van der Waals surface area contributed by atoms with Crippen molar-refractivity contribution in [2.75, 3.05) is 13.7 Å². The van der Waals surface area contributed by atoms with Gasteiger partial charge in [0, 0.05) is 19.8 Å². The van der Waals surface area contributed by atoms with Crippen LogP contribution in [0.3, 0.4) is 0 Å². The van der Waals surface area contributed by atoms with Crippen LogP contribution >= 0.6 is 0 Å². The van der Waals surface area contributed by atoms with Crippen LogP contribution in [-0.2, 0) is 36.8 Å². The van der Waals surface area contributed by atoms with Crippen molar-refractivity contribution < 1.29 is 34.1 Å². The van der Waals surface area contributed by atoms with Crippen LogP contribution in [0, 0.1) is 0 Å². The zero-order valence-corrected chi connectivity index (χ0v) is 21.1. The molecular weight excluding hydrogens is 490 g/mol. The molecule has 3 aromatic rings. The van der Waals surface area contributed by atoms with E-state index in [1.165, 1.54) is 19.1 Å². The van der Waals surface area contributed by atoms with Gasteiger partial charge in [-0.25, -0.2) is 4.79 Å². The minimum Gasteiger partial charge on any atom is -0.508 e. The third kappa shape index (κ3) is 7.78. The second-order valence-electron chi connectivity index (χ2n) is 8.84. The number of methoxy groups -OCH3 is 1. The number of carbonyl (C=O) groups excluding carboxylic acids is 4. The number of aromatic hydroxyl groups is 1. The molecule has 0 aliphatic rings. The van der Waals surface area contributed by atoms with Gasteiger partial charge in [0.05, 0.1) is 13.7 Å². The molecule has 0 saturated carbocycles. The lowest BCUT2D eigenvalue weighted by Gasteiger charge is -2.24. The summed E-state index contributed by atoms with van der Waals surface area (Å²) in [6, 6.07) is 16.0. The molecule has 0 bridgehead atoms. The number of rotatable bonds is 11. The summed E-state index contributed by atoms with van der Waals surface area (Å²) in [5.41, 5.74) is 1.43. The normalized spacial score (nSPS) is 13.1. The zero-order valence-electron chi connectivity index (χ0n) is 21.1. The van der Waals surface area contributed by atoms with Gasteiger partial charge in [-0.15, -0.1) is 0 Å². The molecule has 200 valence electrons. The summed E-state index contributed by atoms with van der Waals surface area (Å²) in [4.78, 5) is 50.3. The number of hydrogen-bond donors (Lipinski definition) is 5. The number of benzene rings is 3. The Bertz CT molecular complexity index is 1290. The molecule has 0 aromatic heterocycles. The van der Waals surface area contributed by atoms with Crippen molar-refractivity contribution in [1.29, 1.82) is 0 Å². The molecule has 0 unspecified atom stereocenters. The highest BCUT2D eigenvalue weighted by atomic mass is 16.5. The molecule has 3 rings (SSSR count). The molecule has 0 saturated heterocycles. The maximum Gasteiger partial charge on any atom is 0.330 e. The standard InChI is InChI=1S/C28H31N3O7/c1-17(33)29-23(14-18-8-11-22(34)12-9-18)26(35)30-24(27(36)31-25(16-32)28(37)38-2)15-19-7-10-20-5-3-4-6-21(20)13-19/h3-13,23-25,32,34H,14-16H2,1-2H3,(H,29,33)(H,30,35)(H,31,36)/t23-,24-,25-/m0/s1. The topological polar surface area (TPSA) is 154 Å². The summed E-state index contributed by atoms with van der Waals surface area (Å²) < 4.78 is 4.62. The monoisotopic (exact) mass is 521 g/mol.